The van der Waals surface area contributed by atoms with Crippen LogP contribution in [-0.2, 0) is 0 Å². The number of hydrogen-bond donors (Lipinski definition) is 0. The SMILES string of the molecule is C=C(N=C(N=C(C)c1cccc(-c2cccc3c2sc2c(-c4ccc(-c5ccccc5)cc4)cccc23)c1)c1ccccc1)c1ccccc1. The van der Waals surface area contributed by atoms with Gasteiger partial charge < -0.3 is 0 Å². The summed E-state index contributed by atoms with van der Waals surface area (Å²) in [7, 11) is 0. The highest BCUT2D eigenvalue weighted by molar-refractivity contribution is 7.26. The molecule has 0 saturated heterocycles. The molecule has 1 heterocycles. The van der Waals surface area contributed by atoms with Gasteiger partial charge in [-0.1, -0.05) is 176 Å². The third kappa shape index (κ3) is 6.23. The summed E-state index contributed by atoms with van der Waals surface area (Å²) in [5, 5.41) is 2.56. The fraction of sp³-hybridized carbons (Fsp3) is 0.0213. The van der Waals surface area contributed by atoms with Crippen LogP contribution in [0.2, 0.25) is 0 Å². The van der Waals surface area contributed by atoms with Crippen molar-refractivity contribution in [2.75, 3.05) is 0 Å². The number of benzene rings is 7. The van der Waals surface area contributed by atoms with Crippen LogP contribution in [-0.4, -0.2) is 11.5 Å². The van der Waals surface area contributed by atoms with Crippen molar-refractivity contribution in [3.8, 4) is 33.4 Å². The molecule has 0 saturated carbocycles. The molecule has 0 aliphatic heterocycles. The summed E-state index contributed by atoms with van der Waals surface area (Å²) in [5.74, 6) is 0.637. The van der Waals surface area contributed by atoms with Gasteiger partial charge in [-0.25, -0.2) is 9.98 Å². The molecule has 8 aromatic rings. The van der Waals surface area contributed by atoms with Crippen LogP contribution in [0.25, 0.3) is 59.3 Å². The van der Waals surface area contributed by atoms with E-state index in [-0.39, 0.29) is 0 Å². The van der Waals surface area contributed by atoms with E-state index in [1.165, 1.54) is 48.0 Å². The van der Waals surface area contributed by atoms with E-state index in [4.69, 9.17) is 9.98 Å². The normalized spacial score (nSPS) is 12.0. The monoisotopic (exact) mass is 658 g/mol. The van der Waals surface area contributed by atoms with Crippen molar-refractivity contribution in [2.45, 2.75) is 6.92 Å². The van der Waals surface area contributed by atoms with Gasteiger partial charge in [0.2, 0.25) is 0 Å². The molecule has 50 heavy (non-hydrogen) atoms. The number of aliphatic imine (C=N–C) groups is 2. The smallest absolute Gasteiger partial charge is 0.160 e. The van der Waals surface area contributed by atoms with Crippen molar-refractivity contribution < 1.29 is 0 Å². The predicted octanol–water partition coefficient (Wildman–Crippen LogP) is 13.0. The van der Waals surface area contributed by atoms with E-state index in [0.29, 0.717) is 11.5 Å². The Labute approximate surface area is 297 Å². The summed E-state index contributed by atoms with van der Waals surface area (Å²) in [6.45, 7) is 6.31. The quantitative estimate of drug-likeness (QED) is 0.120. The second-order valence-corrected chi connectivity index (χ2v) is 13.3. The van der Waals surface area contributed by atoms with E-state index in [2.05, 4.69) is 129 Å². The Balaban J connectivity index is 1.17. The third-order valence-corrected chi connectivity index (χ3v) is 10.4. The lowest BCUT2D eigenvalue weighted by Gasteiger charge is -2.09. The third-order valence-electron chi connectivity index (χ3n) is 9.07. The van der Waals surface area contributed by atoms with E-state index < -0.39 is 0 Å². The molecular weight excluding hydrogens is 625 g/mol. The van der Waals surface area contributed by atoms with E-state index in [1.54, 1.807) is 0 Å². The largest absolute Gasteiger partial charge is 0.233 e. The van der Waals surface area contributed by atoms with Gasteiger partial charge in [-0.3, -0.25) is 0 Å². The molecule has 0 aliphatic carbocycles. The summed E-state index contributed by atoms with van der Waals surface area (Å²) in [6.07, 6.45) is 0. The molecule has 1 aromatic heterocycles. The van der Waals surface area contributed by atoms with Gasteiger partial charge in [0.25, 0.3) is 0 Å². The molecule has 0 atom stereocenters. The zero-order valence-electron chi connectivity index (χ0n) is 27.8. The van der Waals surface area contributed by atoms with E-state index in [9.17, 15) is 0 Å². The highest BCUT2D eigenvalue weighted by Crippen LogP contribution is 2.44. The molecule has 0 unspecified atom stereocenters. The topological polar surface area (TPSA) is 24.7 Å². The van der Waals surface area contributed by atoms with Crippen molar-refractivity contribution in [1.29, 1.82) is 0 Å². The van der Waals surface area contributed by atoms with Crippen molar-refractivity contribution >= 4 is 48.8 Å². The molecule has 0 spiro atoms. The van der Waals surface area contributed by atoms with Gasteiger partial charge in [-0.05, 0) is 57.5 Å². The van der Waals surface area contributed by atoms with Crippen LogP contribution in [0.1, 0.15) is 23.6 Å². The first kappa shape index (κ1) is 31.1. The molecule has 0 radical (unpaired) electrons. The molecule has 2 nitrogen and oxygen atoms in total. The molecule has 7 aromatic carbocycles. The Hall–Kier alpha value is -6.16. The van der Waals surface area contributed by atoms with Gasteiger partial charge in [0.1, 0.15) is 0 Å². The summed E-state index contributed by atoms with van der Waals surface area (Å²) in [6, 6.07) is 61.7. The highest BCUT2D eigenvalue weighted by Gasteiger charge is 2.15. The van der Waals surface area contributed by atoms with E-state index >= 15 is 0 Å². The van der Waals surface area contributed by atoms with Crippen LogP contribution in [0, 0.1) is 0 Å². The van der Waals surface area contributed by atoms with Crippen LogP contribution in [0.4, 0.5) is 0 Å². The Morgan fingerprint density at radius 1 is 0.440 bits per heavy atom. The Kier molecular flexibility index (Phi) is 8.56. The Morgan fingerprint density at radius 3 is 1.56 bits per heavy atom. The molecule has 0 bridgehead atoms. The highest BCUT2D eigenvalue weighted by atomic mass is 32.1. The number of fused-ring (bicyclic) bond motifs is 3. The van der Waals surface area contributed by atoms with Crippen LogP contribution in [0.3, 0.4) is 0 Å². The number of amidine groups is 1. The minimum atomic E-state index is 0.637. The number of rotatable bonds is 7. The molecule has 0 N–H and O–H groups in total. The number of nitrogens with zero attached hydrogens (tertiary/aromatic N) is 2. The van der Waals surface area contributed by atoms with Crippen LogP contribution < -0.4 is 0 Å². The first-order valence-corrected chi connectivity index (χ1v) is 17.6. The Bertz CT molecular complexity index is 2530. The van der Waals surface area contributed by atoms with Crippen molar-refractivity contribution in [2.24, 2.45) is 9.98 Å². The average Bonchev–Trinajstić information content (AvgIpc) is 3.58. The summed E-state index contributed by atoms with van der Waals surface area (Å²) in [4.78, 5) is 10.0. The number of thiophene rings is 1. The number of hydrogen-bond acceptors (Lipinski definition) is 2. The first-order chi connectivity index (χ1) is 24.6. The summed E-state index contributed by atoms with van der Waals surface area (Å²) in [5.41, 5.74) is 11.9. The molecule has 3 heteroatoms. The fourth-order valence-corrected chi connectivity index (χ4v) is 7.82. The minimum Gasteiger partial charge on any atom is -0.233 e. The standard InChI is InChI=1S/C47H34N2S/c1-32(34-15-6-3-7-16-34)48-47(38-19-10-5-11-20-38)49-33(2)39-21-12-22-40(31-39)42-24-14-26-44-43-25-13-23-41(45(43)50-46(42)44)37-29-27-36(28-30-37)35-17-8-4-9-18-35/h3-31H,1H2,2H3. The molecule has 0 amide bonds. The second kappa shape index (κ2) is 13.8. The summed E-state index contributed by atoms with van der Waals surface area (Å²) >= 11 is 1.87. The van der Waals surface area contributed by atoms with Gasteiger partial charge >= 0.3 is 0 Å². The van der Waals surface area contributed by atoms with Crippen LogP contribution in [0.15, 0.2) is 192 Å². The molecule has 238 valence electrons. The maximum atomic E-state index is 5.09. The van der Waals surface area contributed by atoms with Gasteiger partial charge in [0, 0.05) is 31.4 Å². The maximum absolute atomic E-state index is 5.09. The molecule has 0 fully saturated rings. The molecule has 8 rings (SSSR count). The van der Waals surface area contributed by atoms with Gasteiger partial charge in [-0.2, -0.15) is 0 Å². The van der Waals surface area contributed by atoms with Crippen LogP contribution in [0.5, 0.6) is 0 Å². The zero-order valence-corrected chi connectivity index (χ0v) is 28.6. The van der Waals surface area contributed by atoms with Gasteiger partial charge in [0.15, 0.2) is 5.84 Å². The van der Waals surface area contributed by atoms with Crippen molar-refractivity contribution in [3.05, 3.63) is 199 Å². The minimum absolute atomic E-state index is 0.637. The Morgan fingerprint density at radius 2 is 0.920 bits per heavy atom. The lowest BCUT2D eigenvalue weighted by molar-refractivity contribution is 1.44. The van der Waals surface area contributed by atoms with Crippen molar-refractivity contribution in [3.63, 3.8) is 0 Å². The van der Waals surface area contributed by atoms with Crippen molar-refractivity contribution in [1.82, 2.24) is 0 Å². The lowest BCUT2D eigenvalue weighted by atomic mass is 9.97. The average molecular weight is 659 g/mol. The van der Waals surface area contributed by atoms with Gasteiger partial charge in [0.05, 0.1) is 5.70 Å². The fourth-order valence-electron chi connectivity index (χ4n) is 6.45. The maximum Gasteiger partial charge on any atom is 0.160 e. The lowest BCUT2D eigenvalue weighted by Crippen LogP contribution is -2.04. The first-order valence-electron chi connectivity index (χ1n) is 16.8. The van der Waals surface area contributed by atoms with E-state index in [1.807, 2.05) is 72.0 Å². The predicted molar refractivity (Wildman–Crippen MR) is 216 cm³/mol. The molecular formula is C47H34N2S. The van der Waals surface area contributed by atoms with E-state index in [0.717, 1.165) is 28.0 Å². The summed E-state index contributed by atoms with van der Waals surface area (Å²) < 4.78 is 2.59. The molecule has 0 aliphatic rings. The second-order valence-electron chi connectivity index (χ2n) is 12.3. The zero-order chi connectivity index (χ0) is 33.9. The van der Waals surface area contributed by atoms with Crippen LogP contribution >= 0.6 is 11.3 Å². The van der Waals surface area contributed by atoms with Gasteiger partial charge in [-0.15, -0.1) is 11.3 Å².